The van der Waals surface area contributed by atoms with Crippen LogP contribution in [-0.4, -0.2) is 37.1 Å². The fourth-order valence-electron chi connectivity index (χ4n) is 0.957. The Kier molecular flexibility index (Phi) is 4.93. The first kappa shape index (κ1) is 12.7. The highest BCUT2D eigenvalue weighted by Gasteiger charge is 2.25. The minimum Gasteiger partial charge on any atom is -0.409 e. The molecule has 82 valence electrons. The molecule has 0 bridgehead atoms. The lowest BCUT2D eigenvalue weighted by Gasteiger charge is -2.22. The third-order valence-electron chi connectivity index (χ3n) is 1.84. The molecular formula is C8H18N4O2. The predicted octanol–water partition coefficient (Wildman–Crippen LogP) is -0.905. The van der Waals surface area contributed by atoms with E-state index >= 15 is 0 Å². The monoisotopic (exact) mass is 202 g/mol. The molecule has 0 rings (SSSR count). The molecule has 0 unspecified atom stereocenters. The first-order valence-corrected chi connectivity index (χ1v) is 4.33. The molecule has 0 spiro atoms. The molecule has 6 heteroatoms. The van der Waals surface area contributed by atoms with E-state index in [9.17, 15) is 4.79 Å². The molecule has 5 N–H and O–H groups in total. The van der Waals surface area contributed by atoms with E-state index in [0.717, 1.165) is 0 Å². The predicted molar refractivity (Wildman–Crippen MR) is 54.1 cm³/mol. The zero-order chi connectivity index (χ0) is 11.2. The molecule has 0 aliphatic rings. The highest BCUT2D eigenvalue weighted by molar-refractivity contribution is 5.83. The number of hydrogen-bond acceptors (Lipinski definition) is 4. The Morgan fingerprint density at radius 1 is 1.57 bits per heavy atom. The van der Waals surface area contributed by atoms with E-state index in [1.807, 2.05) is 13.8 Å². The number of amidine groups is 1. The first-order valence-electron chi connectivity index (χ1n) is 4.33. The number of nitrogens with zero attached hydrogens (tertiary/aromatic N) is 1. The van der Waals surface area contributed by atoms with E-state index in [1.54, 1.807) is 7.05 Å². The summed E-state index contributed by atoms with van der Waals surface area (Å²) in [6.07, 6.45) is 0. The van der Waals surface area contributed by atoms with E-state index in [-0.39, 0.29) is 18.3 Å². The Hall–Kier alpha value is -1.30. The lowest BCUT2D eigenvalue weighted by atomic mass is 9.92. The van der Waals surface area contributed by atoms with Crippen molar-refractivity contribution in [3.05, 3.63) is 0 Å². The van der Waals surface area contributed by atoms with Gasteiger partial charge in [0.1, 0.15) is 0 Å². The van der Waals surface area contributed by atoms with Crippen LogP contribution in [0, 0.1) is 5.41 Å². The van der Waals surface area contributed by atoms with Crippen LogP contribution in [0.3, 0.4) is 0 Å². The Morgan fingerprint density at radius 3 is 2.57 bits per heavy atom. The normalized spacial score (nSPS) is 12.6. The number of nitrogens with one attached hydrogen (secondary N) is 2. The summed E-state index contributed by atoms with van der Waals surface area (Å²) < 4.78 is 0. The van der Waals surface area contributed by atoms with Gasteiger partial charge in [-0.1, -0.05) is 5.16 Å². The number of hydrogen-bond donors (Lipinski definition) is 4. The second kappa shape index (κ2) is 5.43. The average Bonchev–Trinajstić information content (AvgIpc) is 2.15. The van der Waals surface area contributed by atoms with Crippen LogP contribution in [0.15, 0.2) is 5.16 Å². The Morgan fingerprint density at radius 2 is 2.14 bits per heavy atom. The zero-order valence-electron chi connectivity index (χ0n) is 8.79. The molecule has 0 saturated carbocycles. The number of amides is 1. The largest absolute Gasteiger partial charge is 0.409 e. The van der Waals surface area contributed by atoms with Crippen molar-refractivity contribution < 1.29 is 10.0 Å². The minimum absolute atomic E-state index is 0.0514. The highest BCUT2D eigenvalue weighted by atomic mass is 16.4. The molecule has 0 aliphatic heterocycles. The van der Waals surface area contributed by atoms with Crippen molar-refractivity contribution >= 4 is 11.7 Å². The molecular weight excluding hydrogens is 184 g/mol. The van der Waals surface area contributed by atoms with Crippen molar-refractivity contribution in [1.82, 2.24) is 10.6 Å². The molecule has 0 aliphatic carbocycles. The van der Waals surface area contributed by atoms with Gasteiger partial charge in [0.15, 0.2) is 5.84 Å². The minimum atomic E-state index is -0.509. The number of carbonyl (C=O) groups excluding carboxylic acids is 1. The van der Waals surface area contributed by atoms with Gasteiger partial charge in [0, 0.05) is 13.6 Å². The quantitative estimate of drug-likeness (QED) is 0.201. The first-order chi connectivity index (χ1) is 6.44. The zero-order valence-corrected chi connectivity index (χ0v) is 8.79. The average molecular weight is 202 g/mol. The number of carbonyl (C=O) groups is 1. The standard InChI is InChI=1S/C8H18N4O2/c1-8(2,7(13)10-3)5-11-4-6(9)12-14/h11,14H,4-5H2,1-3H3,(H2,9,12)(H,10,13). The lowest BCUT2D eigenvalue weighted by molar-refractivity contribution is -0.128. The van der Waals surface area contributed by atoms with E-state index in [1.165, 1.54) is 0 Å². The van der Waals surface area contributed by atoms with Crippen molar-refractivity contribution in [3.8, 4) is 0 Å². The van der Waals surface area contributed by atoms with Crippen LogP contribution in [0.25, 0.3) is 0 Å². The van der Waals surface area contributed by atoms with Crippen LogP contribution in [0.4, 0.5) is 0 Å². The summed E-state index contributed by atoms with van der Waals surface area (Å²) in [6, 6.07) is 0. The smallest absolute Gasteiger partial charge is 0.226 e. The van der Waals surface area contributed by atoms with Gasteiger partial charge in [-0.3, -0.25) is 4.79 Å². The molecule has 0 fully saturated rings. The maximum Gasteiger partial charge on any atom is 0.226 e. The van der Waals surface area contributed by atoms with Crippen LogP contribution in [0.2, 0.25) is 0 Å². The summed E-state index contributed by atoms with van der Waals surface area (Å²) in [5.74, 6) is 0.0437. The van der Waals surface area contributed by atoms with Crippen molar-refractivity contribution in [3.63, 3.8) is 0 Å². The summed E-state index contributed by atoms with van der Waals surface area (Å²) in [5, 5.41) is 16.6. The summed E-state index contributed by atoms with van der Waals surface area (Å²) >= 11 is 0. The van der Waals surface area contributed by atoms with Crippen LogP contribution in [-0.2, 0) is 4.79 Å². The van der Waals surface area contributed by atoms with Gasteiger partial charge < -0.3 is 21.6 Å². The van der Waals surface area contributed by atoms with E-state index in [4.69, 9.17) is 10.9 Å². The van der Waals surface area contributed by atoms with E-state index in [2.05, 4.69) is 15.8 Å². The third-order valence-corrected chi connectivity index (χ3v) is 1.84. The second-order valence-electron chi connectivity index (χ2n) is 3.66. The number of oxime groups is 1. The van der Waals surface area contributed by atoms with Gasteiger partial charge in [-0.15, -0.1) is 0 Å². The van der Waals surface area contributed by atoms with Gasteiger partial charge in [-0.05, 0) is 13.8 Å². The summed E-state index contributed by atoms with van der Waals surface area (Å²) in [6.45, 7) is 4.34. The van der Waals surface area contributed by atoms with Gasteiger partial charge >= 0.3 is 0 Å². The molecule has 14 heavy (non-hydrogen) atoms. The Labute approximate surface area is 83.5 Å². The van der Waals surface area contributed by atoms with Gasteiger partial charge in [0.2, 0.25) is 5.91 Å². The molecule has 6 nitrogen and oxygen atoms in total. The fourth-order valence-corrected chi connectivity index (χ4v) is 0.957. The third kappa shape index (κ3) is 4.08. The van der Waals surface area contributed by atoms with Gasteiger partial charge in [-0.2, -0.15) is 0 Å². The molecule has 0 aromatic rings. The molecule has 0 radical (unpaired) electrons. The SMILES string of the molecule is CNC(=O)C(C)(C)CNCC(N)=NO. The van der Waals surface area contributed by atoms with Crippen molar-refractivity contribution in [1.29, 1.82) is 0 Å². The second-order valence-corrected chi connectivity index (χ2v) is 3.66. The number of nitrogens with two attached hydrogens (primary N) is 1. The molecule has 1 amide bonds. The van der Waals surface area contributed by atoms with E-state index in [0.29, 0.717) is 6.54 Å². The Balaban J connectivity index is 3.94. The number of rotatable bonds is 5. The van der Waals surface area contributed by atoms with Crippen molar-refractivity contribution in [2.45, 2.75) is 13.8 Å². The fraction of sp³-hybridized carbons (Fsp3) is 0.750. The maximum absolute atomic E-state index is 11.3. The molecule has 0 atom stereocenters. The van der Waals surface area contributed by atoms with Crippen LogP contribution in [0.5, 0.6) is 0 Å². The molecule has 0 aromatic carbocycles. The summed E-state index contributed by atoms with van der Waals surface area (Å²) in [5.41, 5.74) is 4.74. The van der Waals surface area contributed by atoms with Gasteiger partial charge in [0.25, 0.3) is 0 Å². The topological polar surface area (TPSA) is 99.7 Å². The highest BCUT2D eigenvalue weighted by Crippen LogP contribution is 2.12. The van der Waals surface area contributed by atoms with Gasteiger partial charge in [-0.25, -0.2) is 0 Å². The summed E-state index contributed by atoms with van der Waals surface area (Å²) in [7, 11) is 1.59. The van der Waals surface area contributed by atoms with Crippen molar-refractivity contribution in [2.75, 3.05) is 20.1 Å². The molecule has 0 saturated heterocycles. The van der Waals surface area contributed by atoms with Gasteiger partial charge in [0.05, 0.1) is 12.0 Å². The van der Waals surface area contributed by atoms with Crippen molar-refractivity contribution in [2.24, 2.45) is 16.3 Å². The Bertz CT molecular complexity index is 225. The molecule has 0 heterocycles. The summed E-state index contributed by atoms with van der Waals surface area (Å²) in [4.78, 5) is 11.3. The lowest BCUT2D eigenvalue weighted by Crippen LogP contribution is -2.44. The molecule has 0 aromatic heterocycles. The van der Waals surface area contributed by atoms with Crippen LogP contribution < -0.4 is 16.4 Å². The van der Waals surface area contributed by atoms with E-state index < -0.39 is 5.41 Å². The van der Waals surface area contributed by atoms with Crippen LogP contribution >= 0.6 is 0 Å². The maximum atomic E-state index is 11.3. The van der Waals surface area contributed by atoms with Crippen LogP contribution in [0.1, 0.15) is 13.8 Å².